The molecule has 0 aromatic heterocycles. The molecule has 0 saturated heterocycles. The molecule has 108 valence electrons. The normalized spacial score (nSPS) is 11.2. The van der Waals surface area contributed by atoms with E-state index >= 15 is 0 Å². The van der Waals surface area contributed by atoms with Crippen LogP contribution >= 0.6 is 15.9 Å². The van der Waals surface area contributed by atoms with E-state index in [9.17, 15) is 9.90 Å². The zero-order valence-electron chi connectivity index (χ0n) is 11.6. The van der Waals surface area contributed by atoms with E-state index in [2.05, 4.69) is 21.2 Å². The van der Waals surface area contributed by atoms with E-state index in [1.54, 1.807) is 42.5 Å². The lowest BCUT2D eigenvalue weighted by Crippen LogP contribution is -2.03. The molecule has 0 unspecified atom stereocenters. The lowest BCUT2D eigenvalue weighted by molar-refractivity contribution is 0.104. The molecule has 0 heterocycles. The van der Waals surface area contributed by atoms with Crippen LogP contribution in [-0.2, 0) is 0 Å². The number of allylic oxidation sites excluding steroid dienone is 2. The second kappa shape index (κ2) is 7.09. The Bertz CT molecular complexity index is 645. The summed E-state index contributed by atoms with van der Waals surface area (Å²) in [4.78, 5) is 12.2. The van der Waals surface area contributed by atoms with Crippen LogP contribution in [0.4, 0.5) is 5.69 Å². The minimum absolute atomic E-state index is 0.0365. The zero-order valence-corrected chi connectivity index (χ0v) is 13.2. The molecular formula is C17H16BrNO2. The smallest absolute Gasteiger partial charge is 0.187 e. The summed E-state index contributed by atoms with van der Waals surface area (Å²) in [6.45, 7) is 1.98. The maximum absolute atomic E-state index is 12.2. The van der Waals surface area contributed by atoms with Gasteiger partial charge in [0.15, 0.2) is 5.78 Å². The summed E-state index contributed by atoms with van der Waals surface area (Å²) in [5.74, 6) is 0.180. The first-order valence-electron chi connectivity index (χ1n) is 6.65. The number of hydrogen-bond acceptors (Lipinski definition) is 3. The summed E-state index contributed by atoms with van der Waals surface area (Å²) in [6, 6.07) is 14.0. The number of nitrogens with one attached hydrogen (secondary N) is 1. The van der Waals surface area contributed by atoms with Crippen LogP contribution < -0.4 is 5.32 Å². The largest absolute Gasteiger partial charge is 0.508 e. The van der Waals surface area contributed by atoms with Crippen LogP contribution in [-0.4, -0.2) is 10.9 Å². The Balaban J connectivity index is 2.14. The van der Waals surface area contributed by atoms with Crippen LogP contribution in [0.1, 0.15) is 23.7 Å². The first-order valence-corrected chi connectivity index (χ1v) is 7.44. The van der Waals surface area contributed by atoms with Crippen molar-refractivity contribution >= 4 is 27.4 Å². The summed E-state index contributed by atoms with van der Waals surface area (Å²) in [6.07, 6.45) is 2.32. The van der Waals surface area contributed by atoms with Crippen LogP contribution in [0.15, 0.2) is 64.8 Å². The monoisotopic (exact) mass is 345 g/mol. The number of carbonyl (C=O) groups excluding carboxylic acids is 1. The number of aromatic hydroxyl groups is 1. The molecule has 0 fully saturated rings. The van der Waals surface area contributed by atoms with Crippen molar-refractivity contribution in [3.63, 3.8) is 0 Å². The third kappa shape index (κ3) is 4.46. The van der Waals surface area contributed by atoms with E-state index in [1.165, 1.54) is 0 Å². The molecule has 0 saturated carbocycles. The SMILES string of the molecule is CC/C(=C\C(=O)c1ccc(Br)cc1)Nc1ccc(O)cc1. The first kappa shape index (κ1) is 15.3. The van der Waals surface area contributed by atoms with Gasteiger partial charge in [0.2, 0.25) is 0 Å². The molecule has 0 bridgehead atoms. The molecule has 0 spiro atoms. The van der Waals surface area contributed by atoms with Gasteiger partial charge in [0.1, 0.15) is 5.75 Å². The van der Waals surface area contributed by atoms with E-state index in [1.807, 2.05) is 19.1 Å². The molecular weight excluding hydrogens is 330 g/mol. The number of hydrogen-bond donors (Lipinski definition) is 2. The predicted molar refractivity (Wildman–Crippen MR) is 88.6 cm³/mol. The molecule has 0 aliphatic carbocycles. The molecule has 0 aliphatic rings. The van der Waals surface area contributed by atoms with Gasteiger partial charge in [-0.2, -0.15) is 0 Å². The highest BCUT2D eigenvalue weighted by molar-refractivity contribution is 9.10. The molecule has 0 amide bonds. The fraction of sp³-hybridized carbons (Fsp3) is 0.118. The highest BCUT2D eigenvalue weighted by Gasteiger charge is 2.05. The Morgan fingerprint density at radius 1 is 1.14 bits per heavy atom. The number of phenols is 1. The molecule has 2 aromatic carbocycles. The fourth-order valence-corrected chi connectivity index (χ4v) is 2.08. The molecule has 0 aliphatic heterocycles. The number of carbonyl (C=O) groups is 1. The van der Waals surface area contributed by atoms with Crippen molar-refractivity contribution in [2.75, 3.05) is 5.32 Å². The van der Waals surface area contributed by atoms with Gasteiger partial charge in [0.25, 0.3) is 0 Å². The van der Waals surface area contributed by atoms with Crippen molar-refractivity contribution in [2.24, 2.45) is 0 Å². The third-order valence-electron chi connectivity index (χ3n) is 2.99. The quantitative estimate of drug-likeness (QED) is 0.467. The Labute approximate surface area is 132 Å². The molecule has 2 N–H and O–H groups in total. The van der Waals surface area contributed by atoms with Gasteiger partial charge < -0.3 is 10.4 Å². The maximum atomic E-state index is 12.2. The number of rotatable bonds is 5. The minimum Gasteiger partial charge on any atom is -0.508 e. The Morgan fingerprint density at radius 3 is 2.33 bits per heavy atom. The predicted octanol–water partition coefficient (Wildman–Crippen LogP) is 4.74. The van der Waals surface area contributed by atoms with E-state index in [-0.39, 0.29) is 11.5 Å². The second-order valence-corrected chi connectivity index (χ2v) is 5.48. The van der Waals surface area contributed by atoms with Crippen molar-refractivity contribution in [1.82, 2.24) is 0 Å². The zero-order chi connectivity index (χ0) is 15.2. The number of halogens is 1. The molecule has 0 radical (unpaired) electrons. The summed E-state index contributed by atoms with van der Waals surface area (Å²) in [5.41, 5.74) is 2.31. The van der Waals surface area contributed by atoms with Crippen LogP contribution in [0.5, 0.6) is 5.75 Å². The second-order valence-electron chi connectivity index (χ2n) is 4.57. The number of ketones is 1. The van der Waals surface area contributed by atoms with Gasteiger partial charge >= 0.3 is 0 Å². The highest BCUT2D eigenvalue weighted by Crippen LogP contribution is 2.17. The molecule has 21 heavy (non-hydrogen) atoms. The highest BCUT2D eigenvalue weighted by atomic mass is 79.9. The van der Waals surface area contributed by atoms with Gasteiger partial charge in [-0.3, -0.25) is 4.79 Å². The lowest BCUT2D eigenvalue weighted by Gasteiger charge is -2.09. The molecule has 0 atom stereocenters. The Kier molecular flexibility index (Phi) is 5.17. The first-order chi connectivity index (χ1) is 10.1. The van der Waals surface area contributed by atoms with Gasteiger partial charge in [0.05, 0.1) is 0 Å². The van der Waals surface area contributed by atoms with E-state index in [0.29, 0.717) is 12.0 Å². The molecule has 3 nitrogen and oxygen atoms in total. The molecule has 4 heteroatoms. The fourth-order valence-electron chi connectivity index (χ4n) is 1.81. The minimum atomic E-state index is -0.0365. The van der Waals surface area contributed by atoms with Crippen molar-refractivity contribution in [3.8, 4) is 5.75 Å². The summed E-state index contributed by atoms with van der Waals surface area (Å²) in [7, 11) is 0. The maximum Gasteiger partial charge on any atom is 0.187 e. The molecule has 2 rings (SSSR count). The topological polar surface area (TPSA) is 49.3 Å². The average molecular weight is 346 g/mol. The van der Waals surface area contributed by atoms with Gasteiger partial charge in [-0.25, -0.2) is 0 Å². The van der Waals surface area contributed by atoms with Crippen molar-refractivity contribution in [1.29, 1.82) is 0 Å². The van der Waals surface area contributed by atoms with Crippen molar-refractivity contribution < 1.29 is 9.90 Å². The van der Waals surface area contributed by atoms with Crippen molar-refractivity contribution in [3.05, 3.63) is 70.3 Å². The summed E-state index contributed by atoms with van der Waals surface area (Å²) in [5, 5.41) is 12.5. The number of anilines is 1. The van der Waals surface area contributed by atoms with Gasteiger partial charge in [-0.05, 0) is 55.0 Å². The third-order valence-corrected chi connectivity index (χ3v) is 3.52. The summed E-state index contributed by atoms with van der Waals surface area (Å²) >= 11 is 3.35. The number of phenolic OH excluding ortho intramolecular Hbond substituents is 1. The Morgan fingerprint density at radius 2 is 1.76 bits per heavy atom. The van der Waals surface area contributed by atoms with Crippen LogP contribution in [0, 0.1) is 0 Å². The lowest BCUT2D eigenvalue weighted by atomic mass is 10.1. The molecule has 2 aromatic rings. The van der Waals surface area contributed by atoms with Crippen molar-refractivity contribution in [2.45, 2.75) is 13.3 Å². The van der Waals surface area contributed by atoms with E-state index < -0.39 is 0 Å². The van der Waals surface area contributed by atoms with Crippen LogP contribution in [0.25, 0.3) is 0 Å². The van der Waals surface area contributed by atoms with Crippen LogP contribution in [0.2, 0.25) is 0 Å². The number of benzene rings is 2. The van der Waals surface area contributed by atoms with E-state index in [4.69, 9.17) is 0 Å². The standard InChI is InChI=1S/C17H16BrNO2/c1-2-14(19-15-7-9-16(20)10-8-15)11-17(21)12-3-5-13(18)6-4-12/h3-11,19-20H,2H2,1H3/b14-11+. The summed E-state index contributed by atoms with van der Waals surface area (Å²) < 4.78 is 0.945. The van der Waals surface area contributed by atoms with Gasteiger partial charge in [-0.1, -0.05) is 22.9 Å². The Hall–Kier alpha value is -2.07. The van der Waals surface area contributed by atoms with Gasteiger partial charge in [-0.15, -0.1) is 0 Å². The van der Waals surface area contributed by atoms with Gasteiger partial charge in [0, 0.05) is 27.5 Å². The van der Waals surface area contributed by atoms with E-state index in [0.717, 1.165) is 15.9 Å². The average Bonchev–Trinajstić information content (AvgIpc) is 2.49. The van der Waals surface area contributed by atoms with Crippen LogP contribution in [0.3, 0.4) is 0 Å².